The molecule has 0 aromatic carbocycles. The predicted octanol–water partition coefficient (Wildman–Crippen LogP) is 1.90. The third kappa shape index (κ3) is 3.61. The molecule has 8 heteroatoms. The Morgan fingerprint density at radius 1 is 1.33 bits per heavy atom. The molecule has 27 heavy (non-hydrogen) atoms. The summed E-state index contributed by atoms with van der Waals surface area (Å²) in [7, 11) is 0. The maximum Gasteiger partial charge on any atom is 0.256 e. The minimum absolute atomic E-state index is 0.201. The smallest absolute Gasteiger partial charge is 0.256 e. The van der Waals surface area contributed by atoms with Crippen LogP contribution >= 0.6 is 0 Å². The van der Waals surface area contributed by atoms with E-state index < -0.39 is 0 Å². The lowest BCUT2D eigenvalue weighted by molar-refractivity contribution is -0.139. The van der Waals surface area contributed by atoms with E-state index in [1.165, 1.54) is 6.20 Å². The first-order chi connectivity index (χ1) is 13.2. The monoisotopic (exact) mass is 371 g/mol. The first-order valence-electron chi connectivity index (χ1n) is 9.72. The second-order valence-electron chi connectivity index (χ2n) is 7.33. The Balaban J connectivity index is 1.36. The molecule has 4 rings (SSSR count). The fraction of sp³-hybridized carbons (Fsp3) is 0.579. The summed E-state index contributed by atoms with van der Waals surface area (Å²) in [4.78, 5) is 26.8. The lowest BCUT2D eigenvalue weighted by atomic mass is 9.84. The van der Waals surface area contributed by atoms with Crippen molar-refractivity contribution in [2.45, 2.75) is 58.7 Å². The summed E-state index contributed by atoms with van der Waals surface area (Å²) in [5, 5.41) is 11.2. The Labute approximate surface area is 157 Å². The average Bonchev–Trinajstić information content (AvgIpc) is 3.24. The molecule has 2 amide bonds. The zero-order valence-corrected chi connectivity index (χ0v) is 15.6. The number of carbonyl (C=O) groups excluding carboxylic acids is 2. The quantitative estimate of drug-likeness (QED) is 0.837. The van der Waals surface area contributed by atoms with Crippen molar-refractivity contribution in [3.05, 3.63) is 35.0 Å². The van der Waals surface area contributed by atoms with Crippen molar-refractivity contribution < 1.29 is 14.1 Å². The minimum Gasteiger partial charge on any atom is -0.361 e. The number of hydrogen-bond acceptors (Lipinski definition) is 5. The predicted molar refractivity (Wildman–Crippen MR) is 96.7 cm³/mol. The first kappa shape index (κ1) is 17.8. The highest BCUT2D eigenvalue weighted by molar-refractivity contribution is 5.94. The van der Waals surface area contributed by atoms with Crippen molar-refractivity contribution >= 4 is 11.8 Å². The number of nitrogens with one attached hydrogen (secondary N) is 1. The molecule has 2 aliphatic rings. The molecule has 1 aliphatic heterocycles. The van der Waals surface area contributed by atoms with Gasteiger partial charge in [0.05, 0.1) is 37.2 Å². The second kappa shape index (κ2) is 7.54. The summed E-state index contributed by atoms with van der Waals surface area (Å²) in [6, 6.07) is 1.97. The fourth-order valence-electron chi connectivity index (χ4n) is 3.64. The van der Waals surface area contributed by atoms with E-state index in [1.54, 1.807) is 0 Å². The molecule has 1 saturated carbocycles. The zero-order valence-electron chi connectivity index (χ0n) is 15.6. The molecule has 2 aromatic heterocycles. The topological polar surface area (TPSA) is 93.3 Å². The molecule has 0 saturated heterocycles. The zero-order chi connectivity index (χ0) is 18.8. The van der Waals surface area contributed by atoms with Gasteiger partial charge in [-0.15, -0.1) is 0 Å². The maximum absolute atomic E-state index is 12.5. The normalized spacial score (nSPS) is 16.7. The molecule has 0 unspecified atom stereocenters. The number of nitrogens with zero attached hydrogens (tertiary/aromatic N) is 4. The van der Waals surface area contributed by atoms with Gasteiger partial charge in [0.1, 0.15) is 11.3 Å². The number of rotatable bonds is 6. The van der Waals surface area contributed by atoms with Crippen LogP contribution in [0.4, 0.5) is 0 Å². The van der Waals surface area contributed by atoms with Gasteiger partial charge in [0.2, 0.25) is 5.91 Å². The van der Waals surface area contributed by atoms with Gasteiger partial charge in [0.15, 0.2) is 0 Å². The van der Waals surface area contributed by atoms with Crippen molar-refractivity contribution in [2.24, 2.45) is 5.92 Å². The summed E-state index contributed by atoms with van der Waals surface area (Å²) in [6.07, 6.45) is 6.25. The van der Waals surface area contributed by atoms with Gasteiger partial charge in [-0.1, -0.05) is 18.5 Å². The molecule has 1 N–H and O–H groups in total. The number of aromatic nitrogens is 3. The Bertz CT molecular complexity index is 836. The van der Waals surface area contributed by atoms with Crippen molar-refractivity contribution in [2.75, 3.05) is 6.54 Å². The highest BCUT2D eigenvalue weighted by Crippen LogP contribution is 2.29. The van der Waals surface area contributed by atoms with Crippen LogP contribution in [0.2, 0.25) is 0 Å². The van der Waals surface area contributed by atoms with E-state index in [1.807, 2.05) is 22.6 Å². The molecular weight excluding hydrogens is 346 g/mol. The van der Waals surface area contributed by atoms with Crippen molar-refractivity contribution in [1.82, 2.24) is 25.2 Å². The molecule has 0 spiro atoms. The van der Waals surface area contributed by atoms with E-state index in [0.717, 1.165) is 37.1 Å². The molecule has 1 aliphatic carbocycles. The number of hydrogen-bond donors (Lipinski definition) is 1. The van der Waals surface area contributed by atoms with Crippen LogP contribution < -0.4 is 5.32 Å². The Hall–Kier alpha value is -2.64. The van der Waals surface area contributed by atoms with Crippen molar-refractivity contribution in [3.8, 4) is 0 Å². The number of fused-ring (bicyclic) bond motifs is 1. The van der Waals surface area contributed by atoms with Crippen LogP contribution in [0.1, 0.15) is 60.1 Å². The van der Waals surface area contributed by atoms with E-state index in [0.29, 0.717) is 43.9 Å². The van der Waals surface area contributed by atoms with Gasteiger partial charge in [-0.3, -0.25) is 14.3 Å². The molecule has 0 atom stereocenters. The molecule has 3 heterocycles. The van der Waals surface area contributed by atoms with E-state index in [2.05, 4.69) is 15.6 Å². The molecule has 8 nitrogen and oxygen atoms in total. The lowest BCUT2D eigenvalue weighted by Gasteiger charge is -2.34. The van der Waals surface area contributed by atoms with E-state index in [4.69, 9.17) is 4.52 Å². The number of aryl methyl sites for hydroxylation is 1. The van der Waals surface area contributed by atoms with Gasteiger partial charge in [-0.25, -0.2) is 0 Å². The second-order valence-corrected chi connectivity index (χ2v) is 7.33. The van der Waals surface area contributed by atoms with Gasteiger partial charge < -0.3 is 14.7 Å². The average molecular weight is 371 g/mol. The summed E-state index contributed by atoms with van der Waals surface area (Å²) in [6.45, 7) is 4.37. The lowest BCUT2D eigenvalue weighted by Crippen LogP contribution is -2.43. The van der Waals surface area contributed by atoms with Gasteiger partial charge in [0, 0.05) is 18.9 Å². The van der Waals surface area contributed by atoms with Crippen LogP contribution in [0.25, 0.3) is 0 Å². The molecular formula is C19H25N5O3. The molecule has 0 radical (unpaired) electrons. The van der Waals surface area contributed by atoms with E-state index in [9.17, 15) is 9.59 Å². The number of amides is 2. The Kier molecular flexibility index (Phi) is 4.96. The van der Waals surface area contributed by atoms with Crippen LogP contribution in [0.3, 0.4) is 0 Å². The molecule has 1 fully saturated rings. The Morgan fingerprint density at radius 3 is 2.93 bits per heavy atom. The van der Waals surface area contributed by atoms with E-state index >= 15 is 0 Å². The summed E-state index contributed by atoms with van der Waals surface area (Å²) in [5.41, 5.74) is 2.30. The molecule has 144 valence electrons. The van der Waals surface area contributed by atoms with Crippen LogP contribution in [0, 0.1) is 5.92 Å². The van der Waals surface area contributed by atoms with Crippen molar-refractivity contribution in [1.29, 1.82) is 0 Å². The third-order valence-electron chi connectivity index (χ3n) is 5.41. The highest BCUT2D eigenvalue weighted by atomic mass is 16.5. The van der Waals surface area contributed by atoms with E-state index in [-0.39, 0.29) is 17.7 Å². The van der Waals surface area contributed by atoms with Gasteiger partial charge in [0.25, 0.3) is 5.91 Å². The number of carbonyl (C=O) groups is 2. The van der Waals surface area contributed by atoms with Gasteiger partial charge in [-0.2, -0.15) is 5.10 Å². The SMILES string of the molecule is CCCc1oncc1C(=O)NCc1cc2n(n1)CCN(C(=O)C1CCC1)C2. The van der Waals surface area contributed by atoms with Crippen LogP contribution in [-0.4, -0.2) is 38.2 Å². The van der Waals surface area contributed by atoms with Crippen LogP contribution in [0.15, 0.2) is 16.8 Å². The highest BCUT2D eigenvalue weighted by Gasteiger charge is 2.31. The van der Waals surface area contributed by atoms with Crippen molar-refractivity contribution in [3.63, 3.8) is 0 Å². The Morgan fingerprint density at radius 2 is 2.19 bits per heavy atom. The first-order valence-corrected chi connectivity index (χ1v) is 9.72. The standard InChI is InChI=1S/C19H25N5O3/c1-2-4-17-16(11-21-27-17)18(25)20-10-14-9-15-12-23(7-8-24(15)22-14)19(26)13-5-3-6-13/h9,11,13H,2-8,10,12H2,1H3,(H,20,25). The summed E-state index contributed by atoms with van der Waals surface area (Å²) in [5.74, 6) is 0.912. The maximum atomic E-state index is 12.5. The molecule has 2 aromatic rings. The molecule has 0 bridgehead atoms. The van der Waals surface area contributed by atoms with Crippen LogP contribution in [-0.2, 0) is 30.8 Å². The minimum atomic E-state index is -0.201. The van der Waals surface area contributed by atoms with Gasteiger partial charge in [-0.05, 0) is 25.3 Å². The van der Waals surface area contributed by atoms with Crippen LogP contribution in [0.5, 0.6) is 0 Å². The summed E-state index contributed by atoms with van der Waals surface area (Å²) < 4.78 is 7.08. The largest absolute Gasteiger partial charge is 0.361 e. The fourth-order valence-corrected chi connectivity index (χ4v) is 3.64. The van der Waals surface area contributed by atoms with Gasteiger partial charge >= 0.3 is 0 Å². The summed E-state index contributed by atoms with van der Waals surface area (Å²) >= 11 is 0. The third-order valence-corrected chi connectivity index (χ3v) is 5.41.